The van der Waals surface area contributed by atoms with Crippen LogP contribution in [0.15, 0.2) is 24.3 Å². The van der Waals surface area contributed by atoms with Gasteiger partial charge in [0.1, 0.15) is 0 Å². The van der Waals surface area contributed by atoms with Crippen LogP contribution in [-0.2, 0) is 14.8 Å². The first kappa shape index (κ1) is 15.8. The SMILES string of the molecule is CS(=O)(=O)Nc1cccc(NC(=O)[C@@H]2CCC[C@@H]2CN)c1. The molecule has 1 fully saturated rings. The van der Waals surface area contributed by atoms with Crippen LogP contribution in [-0.4, -0.2) is 27.1 Å². The zero-order valence-corrected chi connectivity index (χ0v) is 12.8. The smallest absolute Gasteiger partial charge is 0.229 e. The van der Waals surface area contributed by atoms with Gasteiger partial charge in [-0.05, 0) is 43.5 Å². The van der Waals surface area contributed by atoms with Gasteiger partial charge in [-0.3, -0.25) is 9.52 Å². The monoisotopic (exact) mass is 311 g/mol. The number of rotatable bonds is 5. The quantitative estimate of drug-likeness (QED) is 0.764. The minimum absolute atomic E-state index is 0.0422. The molecule has 2 rings (SSSR count). The van der Waals surface area contributed by atoms with Crippen molar-refractivity contribution >= 4 is 27.3 Å². The maximum Gasteiger partial charge on any atom is 0.229 e. The number of amides is 1. The van der Waals surface area contributed by atoms with Crippen LogP contribution in [0.2, 0.25) is 0 Å². The van der Waals surface area contributed by atoms with Gasteiger partial charge < -0.3 is 11.1 Å². The minimum atomic E-state index is -3.33. The average Bonchev–Trinajstić information content (AvgIpc) is 2.85. The molecule has 1 saturated carbocycles. The summed E-state index contributed by atoms with van der Waals surface area (Å²) in [5.41, 5.74) is 6.70. The van der Waals surface area contributed by atoms with E-state index < -0.39 is 10.0 Å². The molecule has 6 nitrogen and oxygen atoms in total. The number of hydrogen-bond acceptors (Lipinski definition) is 4. The second-order valence-corrected chi connectivity index (χ2v) is 7.23. The lowest BCUT2D eigenvalue weighted by Gasteiger charge is -2.17. The van der Waals surface area contributed by atoms with E-state index in [9.17, 15) is 13.2 Å². The number of benzene rings is 1. The van der Waals surface area contributed by atoms with Crippen molar-refractivity contribution < 1.29 is 13.2 Å². The van der Waals surface area contributed by atoms with E-state index in [2.05, 4.69) is 10.0 Å². The van der Waals surface area contributed by atoms with Crippen LogP contribution in [0.4, 0.5) is 11.4 Å². The highest BCUT2D eigenvalue weighted by molar-refractivity contribution is 7.92. The van der Waals surface area contributed by atoms with E-state index in [1.54, 1.807) is 24.3 Å². The van der Waals surface area contributed by atoms with E-state index in [1.807, 2.05) is 0 Å². The van der Waals surface area contributed by atoms with E-state index in [0.29, 0.717) is 17.9 Å². The molecule has 0 radical (unpaired) electrons. The predicted molar refractivity (Wildman–Crippen MR) is 83.4 cm³/mol. The van der Waals surface area contributed by atoms with Crippen molar-refractivity contribution in [3.63, 3.8) is 0 Å². The molecule has 1 aromatic carbocycles. The van der Waals surface area contributed by atoms with Gasteiger partial charge in [-0.1, -0.05) is 12.5 Å². The summed E-state index contributed by atoms with van der Waals surface area (Å²) in [6, 6.07) is 6.66. The van der Waals surface area contributed by atoms with Crippen molar-refractivity contribution in [1.29, 1.82) is 0 Å². The molecule has 116 valence electrons. The molecule has 2 atom stereocenters. The fourth-order valence-corrected chi connectivity index (χ4v) is 3.33. The highest BCUT2D eigenvalue weighted by atomic mass is 32.2. The van der Waals surface area contributed by atoms with Gasteiger partial charge in [0.15, 0.2) is 0 Å². The third kappa shape index (κ3) is 4.44. The summed E-state index contributed by atoms with van der Waals surface area (Å²) in [5, 5.41) is 2.85. The van der Waals surface area contributed by atoms with Crippen LogP contribution < -0.4 is 15.8 Å². The Bertz CT molecular complexity index is 616. The topological polar surface area (TPSA) is 101 Å². The van der Waals surface area contributed by atoms with E-state index in [-0.39, 0.29) is 17.7 Å². The highest BCUT2D eigenvalue weighted by Crippen LogP contribution is 2.32. The maximum atomic E-state index is 12.3. The molecule has 1 aliphatic carbocycles. The normalized spacial score (nSPS) is 22.0. The van der Waals surface area contributed by atoms with Gasteiger partial charge in [-0.15, -0.1) is 0 Å². The van der Waals surface area contributed by atoms with E-state index in [4.69, 9.17) is 5.73 Å². The molecule has 0 saturated heterocycles. The fourth-order valence-electron chi connectivity index (χ4n) is 2.77. The summed E-state index contributed by atoms with van der Waals surface area (Å²) in [6.07, 6.45) is 3.96. The molecular formula is C14H21N3O3S. The van der Waals surface area contributed by atoms with Crippen LogP contribution >= 0.6 is 0 Å². The van der Waals surface area contributed by atoms with Crippen molar-refractivity contribution in [2.75, 3.05) is 22.8 Å². The highest BCUT2D eigenvalue weighted by Gasteiger charge is 2.31. The lowest BCUT2D eigenvalue weighted by molar-refractivity contribution is -0.120. The van der Waals surface area contributed by atoms with Crippen molar-refractivity contribution in [2.24, 2.45) is 17.6 Å². The second kappa shape index (κ2) is 6.44. The average molecular weight is 311 g/mol. The first-order chi connectivity index (χ1) is 9.89. The Balaban J connectivity index is 2.06. The summed E-state index contributed by atoms with van der Waals surface area (Å²) in [5.74, 6) is 0.142. The van der Waals surface area contributed by atoms with Crippen LogP contribution in [0.1, 0.15) is 19.3 Å². The molecule has 0 bridgehead atoms. The molecule has 21 heavy (non-hydrogen) atoms. The van der Waals surface area contributed by atoms with Gasteiger partial charge in [0.05, 0.1) is 11.9 Å². The number of hydrogen-bond donors (Lipinski definition) is 3. The number of carbonyl (C=O) groups is 1. The first-order valence-corrected chi connectivity index (χ1v) is 8.87. The molecule has 0 unspecified atom stereocenters. The standard InChI is InChI=1S/C14H21N3O3S/c1-21(19,20)17-12-6-3-5-11(8-12)16-14(18)13-7-2-4-10(13)9-15/h3,5-6,8,10,13,17H,2,4,7,9,15H2,1H3,(H,16,18)/t10-,13-/m1/s1. The van der Waals surface area contributed by atoms with Gasteiger partial charge in [-0.2, -0.15) is 0 Å². The molecule has 1 aromatic rings. The Kier molecular flexibility index (Phi) is 4.84. The molecule has 4 N–H and O–H groups in total. The fraction of sp³-hybridized carbons (Fsp3) is 0.500. The maximum absolute atomic E-state index is 12.3. The van der Waals surface area contributed by atoms with Crippen molar-refractivity contribution in [2.45, 2.75) is 19.3 Å². The Morgan fingerprint density at radius 1 is 1.33 bits per heavy atom. The van der Waals surface area contributed by atoms with E-state index >= 15 is 0 Å². The summed E-state index contributed by atoms with van der Waals surface area (Å²) in [4.78, 5) is 12.3. The molecule has 1 amide bonds. The van der Waals surface area contributed by atoms with Gasteiger partial charge in [0.25, 0.3) is 0 Å². The molecule has 0 aliphatic heterocycles. The Hall–Kier alpha value is -1.60. The molecular weight excluding hydrogens is 290 g/mol. The predicted octanol–water partition coefficient (Wildman–Crippen LogP) is 1.37. The molecule has 1 aliphatic rings. The van der Waals surface area contributed by atoms with Crippen LogP contribution in [0.3, 0.4) is 0 Å². The van der Waals surface area contributed by atoms with Crippen molar-refractivity contribution in [3.05, 3.63) is 24.3 Å². The number of carbonyl (C=O) groups excluding carboxylic acids is 1. The van der Waals surface area contributed by atoms with Crippen LogP contribution in [0.25, 0.3) is 0 Å². The number of nitrogens with two attached hydrogens (primary N) is 1. The first-order valence-electron chi connectivity index (χ1n) is 6.98. The molecule has 0 aromatic heterocycles. The van der Waals surface area contributed by atoms with Gasteiger partial charge in [0, 0.05) is 11.6 Å². The minimum Gasteiger partial charge on any atom is -0.330 e. The third-order valence-electron chi connectivity index (χ3n) is 3.73. The summed E-state index contributed by atoms with van der Waals surface area (Å²) >= 11 is 0. The number of sulfonamides is 1. The third-order valence-corrected chi connectivity index (χ3v) is 4.34. The van der Waals surface area contributed by atoms with E-state index in [1.165, 1.54) is 0 Å². The largest absolute Gasteiger partial charge is 0.330 e. The number of nitrogens with one attached hydrogen (secondary N) is 2. The number of anilines is 2. The lowest BCUT2D eigenvalue weighted by atomic mass is 9.95. The molecule has 0 heterocycles. The van der Waals surface area contributed by atoms with Gasteiger partial charge >= 0.3 is 0 Å². The van der Waals surface area contributed by atoms with Crippen LogP contribution in [0.5, 0.6) is 0 Å². The Morgan fingerprint density at radius 2 is 2.05 bits per heavy atom. The van der Waals surface area contributed by atoms with Crippen molar-refractivity contribution in [1.82, 2.24) is 0 Å². The zero-order valence-electron chi connectivity index (χ0n) is 12.0. The zero-order chi connectivity index (χ0) is 15.5. The molecule has 7 heteroatoms. The van der Waals surface area contributed by atoms with Crippen LogP contribution in [0, 0.1) is 11.8 Å². The summed E-state index contributed by atoms with van der Waals surface area (Å²) < 4.78 is 24.8. The molecule has 0 spiro atoms. The lowest BCUT2D eigenvalue weighted by Crippen LogP contribution is -2.29. The second-order valence-electron chi connectivity index (χ2n) is 5.48. The van der Waals surface area contributed by atoms with Crippen molar-refractivity contribution in [3.8, 4) is 0 Å². The summed E-state index contributed by atoms with van der Waals surface area (Å²) in [7, 11) is -3.33. The van der Waals surface area contributed by atoms with E-state index in [0.717, 1.165) is 25.5 Å². The summed E-state index contributed by atoms with van der Waals surface area (Å²) in [6.45, 7) is 0.522. The Labute approximate surface area is 125 Å². The Morgan fingerprint density at radius 3 is 2.71 bits per heavy atom. The van der Waals surface area contributed by atoms with Gasteiger partial charge in [-0.25, -0.2) is 8.42 Å². The van der Waals surface area contributed by atoms with Gasteiger partial charge in [0.2, 0.25) is 15.9 Å².